The normalized spacial score (nSPS) is 11.2. The fourth-order valence-electron chi connectivity index (χ4n) is 1.90. The number of nitro benzene ring substituents is 1. The van der Waals surface area contributed by atoms with Crippen molar-refractivity contribution < 1.29 is 13.3 Å². The van der Waals surface area contributed by atoms with Crippen LogP contribution >= 0.6 is 23.2 Å². The summed E-state index contributed by atoms with van der Waals surface area (Å²) in [5.74, 6) is 0. The van der Waals surface area contributed by atoms with Crippen LogP contribution in [0.1, 0.15) is 0 Å². The first kappa shape index (κ1) is 18.5. The number of nitrogens with zero attached hydrogens (tertiary/aromatic N) is 1. The molecule has 0 aliphatic carbocycles. The van der Waals surface area contributed by atoms with Gasteiger partial charge in [-0.3, -0.25) is 10.1 Å². The van der Waals surface area contributed by atoms with E-state index in [-0.39, 0.29) is 33.7 Å². The van der Waals surface area contributed by atoms with Gasteiger partial charge in [0.2, 0.25) is 10.0 Å². The highest BCUT2D eigenvalue weighted by atomic mass is 35.5. The summed E-state index contributed by atoms with van der Waals surface area (Å²) in [5, 5.41) is 13.6. The Hall–Kier alpha value is -1.87. The summed E-state index contributed by atoms with van der Waals surface area (Å²) in [4.78, 5) is 9.90. The molecule has 2 N–H and O–H groups in total. The fraction of sp³-hybridized carbons (Fsp3) is 0.143. The molecule has 2 aromatic carbocycles. The van der Waals surface area contributed by atoms with Gasteiger partial charge in [-0.2, -0.15) is 0 Å². The van der Waals surface area contributed by atoms with Crippen LogP contribution in [0.4, 0.5) is 11.4 Å². The van der Waals surface area contributed by atoms with E-state index >= 15 is 0 Å². The first-order valence-corrected chi connectivity index (χ1v) is 8.97. The van der Waals surface area contributed by atoms with Gasteiger partial charge in [-0.15, -0.1) is 0 Å². The zero-order valence-electron chi connectivity index (χ0n) is 12.2. The van der Waals surface area contributed by atoms with Crippen molar-refractivity contribution in [3.05, 3.63) is 62.6 Å². The van der Waals surface area contributed by atoms with Crippen molar-refractivity contribution in [1.82, 2.24) is 4.72 Å². The number of anilines is 1. The highest BCUT2D eigenvalue weighted by molar-refractivity contribution is 7.89. The molecule has 0 heterocycles. The van der Waals surface area contributed by atoms with E-state index in [2.05, 4.69) is 10.0 Å². The Morgan fingerprint density at radius 2 is 1.58 bits per heavy atom. The zero-order chi connectivity index (χ0) is 17.7. The Bertz CT molecular complexity index is 821. The lowest BCUT2D eigenvalue weighted by Gasteiger charge is -2.11. The van der Waals surface area contributed by atoms with Crippen LogP contribution in [0, 0.1) is 10.1 Å². The summed E-state index contributed by atoms with van der Waals surface area (Å²) < 4.78 is 26.8. The quantitative estimate of drug-likeness (QED) is 0.429. The zero-order valence-corrected chi connectivity index (χ0v) is 14.5. The van der Waals surface area contributed by atoms with Gasteiger partial charge >= 0.3 is 0 Å². The largest absolute Gasteiger partial charge is 0.384 e. The monoisotopic (exact) mass is 389 g/mol. The summed E-state index contributed by atoms with van der Waals surface area (Å²) >= 11 is 11.8. The molecule has 0 atom stereocenters. The second-order valence-corrected chi connectivity index (χ2v) is 7.20. The maximum Gasteiger partial charge on any atom is 0.269 e. The average molecular weight is 390 g/mol. The smallest absolute Gasteiger partial charge is 0.269 e. The van der Waals surface area contributed by atoms with Crippen molar-refractivity contribution >= 4 is 44.6 Å². The Labute approximate surface area is 148 Å². The van der Waals surface area contributed by atoms with Crippen molar-refractivity contribution in [1.29, 1.82) is 0 Å². The van der Waals surface area contributed by atoms with Crippen LogP contribution in [0.2, 0.25) is 10.0 Å². The van der Waals surface area contributed by atoms with E-state index in [4.69, 9.17) is 23.2 Å². The molecule has 0 fully saturated rings. The molecule has 0 aromatic heterocycles. The number of rotatable bonds is 7. The number of sulfonamides is 1. The van der Waals surface area contributed by atoms with Gasteiger partial charge < -0.3 is 5.32 Å². The molecule has 0 spiro atoms. The predicted octanol–water partition coefficient (Wildman–Crippen LogP) is 3.29. The Morgan fingerprint density at radius 3 is 2.12 bits per heavy atom. The van der Waals surface area contributed by atoms with Crippen LogP contribution in [0.3, 0.4) is 0 Å². The van der Waals surface area contributed by atoms with Crippen LogP contribution < -0.4 is 10.0 Å². The molecule has 0 aliphatic heterocycles. The minimum atomic E-state index is -3.84. The molecular weight excluding hydrogens is 377 g/mol. The molecule has 0 radical (unpaired) electrons. The molecule has 0 saturated heterocycles. The third kappa shape index (κ3) is 4.57. The van der Waals surface area contributed by atoms with E-state index in [0.717, 1.165) is 0 Å². The lowest BCUT2D eigenvalue weighted by atomic mass is 10.3. The van der Waals surface area contributed by atoms with E-state index < -0.39 is 14.9 Å². The Morgan fingerprint density at radius 1 is 1.00 bits per heavy atom. The Kier molecular flexibility index (Phi) is 6.00. The first-order chi connectivity index (χ1) is 11.3. The standard InChI is InChI=1S/C14H13Cl2N3O4S/c15-12-2-1-3-13(16)14(12)24(22,23)18-9-8-17-10-4-6-11(7-5-10)19(20)21/h1-7,17-18H,8-9H2. The number of non-ortho nitro benzene ring substituents is 1. The molecule has 0 aliphatic rings. The molecule has 10 heteroatoms. The molecule has 128 valence electrons. The van der Waals surface area contributed by atoms with Gasteiger partial charge in [0.15, 0.2) is 0 Å². The average Bonchev–Trinajstić information content (AvgIpc) is 2.51. The minimum Gasteiger partial charge on any atom is -0.384 e. The molecule has 0 bridgehead atoms. The van der Waals surface area contributed by atoms with Crippen LogP contribution in [0.15, 0.2) is 47.4 Å². The number of nitro groups is 1. The number of hydrogen-bond donors (Lipinski definition) is 2. The maximum atomic E-state index is 12.2. The third-order valence-corrected chi connectivity index (χ3v) is 5.43. The lowest BCUT2D eigenvalue weighted by molar-refractivity contribution is -0.384. The van der Waals surface area contributed by atoms with Crippen molar-refractivity contribution in [2.45, 2.75) is 4.90 Å². The van der Waals surface area contributed by atoms with Gasteiger partial charge in [0.25, 0.3) is 5.69 Å². The molecule has 0 saturated carbocycles. The molecular formula is C14H13Cl2N3O4S. The number of nitrogens with one attached hydrogen (secondary N) is 2. The van der Waals surface area contributed by atoms with Gasteiger partial charge in [-0.25, -0.2) is 13.1 Å². The van der Waals surface area contributed by atoms with E-state index in [1.807, 2.05) is 0 Å². The van der Waals surface area contributed by atoms with Crippen LogP contribution in [-0.2, 0) is 10.0 Å². The van der Waals surface area contributed by atoms with Crippen LogP contribution in [-0.4, -0.2) is 26.4 Å². The highest BCUT2D eigenvalue weighted by Crippen LogP contribution is 2.28. The van der Waals surface area contributed by atoms with Crippen LogP contribution in [0.5, 0.6) is 0 Å². The Balaban J connectivity index is 1.93. The van der Waals surface area contributed by atoms with Crippen LogP contribution in [0.25, 0.3) is 0 Å². The second kappa shape index (κ2) is 7.80. The van der Waals surface area contributed by atoms with Gasteiger partial charge in [0, 0.05) is 30.9 Å². The highest BCUT2D eigenvalue weighted by Gasteiger charge is 2.20. The molecule has 7 nitrogen and oxygen atoms in total. The third-order valence-electron chi connectivity index (χ3n) is 3.01. The van der Waals surface area contributed by atoms with E-state index in [9.17, 15) is 18.5 Å². The maximum absolute atomic E-state index is 12.2. The molecule has 2 aromatic rings. The van der Waals surface area contributed by atoms with Crippen molar-refractivity contribution in [2.75, 3.05) is 18.4 Å². The van der Waals surface area contributed by atoms with Gasteiger partial charge in [-0.1, -0.05) is 29.3 Å². The molecule has 24 heavy (non-hydrogen) atoms. The molecule has 2 rings (SSSR count). The van der Waals surface area contributed by atoms with Gasteiger partial charge in [0.1, 0.15) is 4.90 Å². The number of hydrogen-bond acceptors (Lipinski definition) is 5. The SMILES string of the molecule is O=[N+]([O-])c1ccc(NCCNS(=O)(=O)c2c(Cl)cccc2Cl)cc1. The first-order valence-electron chi connectivity index (χ1n) is 6.73. The summed E-state index contributed by atoms with van der Waals surface area (Å²) in [6.45, 7) is 0.361. The summed E-state index contributed by atoms with van der Waals surface area (Å²) in [6, 6.07) is 10.2. The van der Waals surface area contributed by atoms with Gasteiger partial charge in [0.05, 0.1) is 15.0 Å². The molecule has 0 unspecified atom stereocenters. The predicted molar refractivity (Wildman–Crippen MR) is 93.2 cm³/mol. The van der Waals surface area contributed by atoms with E-state index in [1.165, 1.54) is 36.4 Å². The molecule has 0 amide bonds. The topological polar surface area (TPSA) is 101 Å². The summed E-state index contributed by atoms with van der Waals surface area (Å²) in [7, 11) is -3.84. The second-order valence-electron chi connectivity index (χ2n) is 4.68. The van der Waals surface area contributed by atoms with E-state index in [1.54, 1.807) is 6.07 Å². The summed E-state index contributed by atoms with van der Waals surface area (Å²) in [5.41, 5.74) is 0.616. The van der Waals surface area contributed by atoms with Gasteiger partial charge in [-0.05, 0) is 24.3 Å². The van der Waals surface area contributed by atoms with E-state index in [0.29, 0.717) is 5.69 Å². The number of benzene rings is 2. The minimum absolute atomic E-state index is 0.0189. The fourth-order valence-corrected chi connectivity index (χ4v) is 4.08. The van der Waals surface area contributed by atoms with Crippen molar-refractivity contribution in [3.8, 4) is 0 Å². The van der Waals surface area contributed by atoms with Crippen molar-refractivity contribution in [3.63, 3.8) is 0 Å². The number of halogens is 2. The summed E-state index contributed by atoms with van der Waals surface area (Å²) in [6.07, 6.45) is 0. The lowest BCUT2D eigenvalue weighted by Crippen LogP contribution is -2.29. The van der Waals surface area contributed by atoms with Crippen molar-refractivity contribution in [2.24, 2.45) is 0 Å².